The van der Waals surface area contributed by atoms with Crippen LogP contribution in [0.3, 0.4) is 0 Å². The number of aromatic nitrogens is 3. The van der Waals surface area contributed by atoms with Crippen LogP contribution in [-0.2, 0) is 13.0 Å². The highest BCUT2D eigenvalue weighted by Crippen LogP contribution is 2.27. The van der Waals surface area contributed by atoms with Crippen molar-refractivity contribution < 1.29 is 0 Å². The number of nitrogens with zero attached hydrogens (tertiary/aromatic N) is 3. The lowest BCUT2D eigenvalue weighted by Crippen LogP contribution is -2.20. The van der Waals surface area contributed by atoms with E-state index in [4.69, 9.17) is 0 Å². The first-order valence-corrected chi connectivity index (χ1v) is 5.27. The van der Waals surface area contributed by atoms with E-state index in [1.165, 1.54) is 19.3 Å². The second-order valence-electron chi connectivity index (χ2n) is 3.91. The van der Waals surface area contributed by atoms with Crippen LogP contribution in [0.15, 0.2) is 6.33 Å². The summed E-state index contributed by atoms with van der Waals surface area (Å²) in [6.45, 7) is 3.28. The molecule has 0 aliphatic heterocycles. The average Bonchev–Trinajstić information content (AvgIpc) is 2.46. The lowest BCUT2D eigenvalue weighted by Gasteiger charge is -2.25. The standard InChI is InChI=1S/C10H17N3/c1-2-4-10-11-8-12-13(10)7-9-5-3-6-9/h8-9H,2-7H2,1H3. The van der Waals surface area contributed by atoms with Crippen LogP contribution in [0.4, 0.5) is 0 Å². The van der Waals surface area contributed by atoms with Crippen molar-refractivity contribution >= 4 is 0 Å². The van der Waals surface area contributed by atoms with Gasteiger partial charge in [0.05, 0.1) is 0 Å². The van der Waals surface area contributed by atoms with E-state index >= 15 is 0 Å². The second kappa shape index (κ2) is 3.90. The third-order valence-corrected chi connectivity index (χ3v) is 2.83. The largest absolute Gasteiger partial charge is 0.250 e. The van der Waals surface area contributed by atoms with Crippen LogP contribution in [0.25, 0.3) is 0 Å². The molecule has 1 saturated carbocycles. The summed E-state index contributed by atoms with van der Waals surface area (Å²) < 4.78 is 2.09. The van der Waals surface area contributed by atoms with Crippen molar-refractivity contribution in [2.75, 3.05) is 0 Å². The first-order chi connectivity index (χ1) is 6.40. The van der Waals surface area contributed by atoms with Crippen LogP contribution in [-0.4, -0.2) is 14.8 Å². The summed E-state index contributed by atoms with van der Waals surface area (Å²) in [5.74, 6) is 2.03. The molecule has 1 aliphatic carbocycles. The average molecular weight is 179 g/mol. The molecule has 3 heteroatoms. The van der Waals surface area contributed by atoms with Gasteiger partial charge in [-0.05, 0) is 25.2 Å². The first kappa shape index (κ1) is 8.73. The summed E-state index contributed by atoms with van der Waals surface area (Å²) in [6.07, 6.45) is 8.07. The van der Waals surface area contributed by atoms with Gasteiger partial charge in [-0.2, -0.15) is 5.10 Å². The third-order valence-electron chi connectivity index (χ3n) is 2.83. The van der Waals surface area contributed by atoms with Crippen molar-refractivity contribution in [3.63, 3.8) is 0 Å². The van der Waals surface area contributed by atoms with Gasteiger partial charge in [-0.3, -0.25) is 0 Å². The molecule has 0 N–H and O–H groups in total. The molecule has 3 nitrogen and oxygen atoms in total. The van der Waals surface area contributed by atoms with Gasteiger partial charge >= 0.3 is 0 Å². The minimum atomic E-state index is 0.873. The molecule has 0 aromatic carbocycles. The Morgan fingerprint density at radius 3 is 3.00 bits per heavy atom. The molecule has 1 aromatic rings. The topological polar surface area (TPSA) is 30.7 Å². The fraction of sp³-hybridized carbons (Fsp3) is 0.800. The minimum absolute atomic E-state index is 0.873. The summed E-state index contributed by atoms with van der Waals surface area (Å²) in [4.78, 5) is 4.27. The van der Waals surface area contributed by atoms with Crippen LogP contribution < -0.4 is 0 Å². The van der Waals surface area contributed by atoms with Gasteiger partial charge in [0.15, 0.2) is 0 Å². The zero-order chi connectivity index (χ0) is 9.10. The second-order valence-corrected chi connectivity index (χ2v) is 3.91. The SMILES string of the molecule is CCCc1ncnn1CC1CCC1. The van der Waals surface area contributed by atoms with E-state index in [1.54, 1.807) is 6.33 Å². The highest BCUT2D eigenvalue weighted by atomic mass is 15.3. The molecule has 0 bridgehead atoms. The molecule has 72 valence electrons. The van der Waals surface area contributed by atoms with Gasteiger partial charge in [0.25, 0.3) is 0 Å². The zero-order valence-electron chi connectivity index (χ0n) is 8.24. The van der Waals surface area contributed by atoms with Gasteiger partial charge in [-0.15, -0.1) is 0 Å². The van der Waals surface area contributed by atoms with E-state index in [0.29, 0.717) is 0 Å². The summed E-state index contributed by atoms with van der Waals surface area (Å²) in [5.41, 5.74) is 0. The van der Waals surface area contributed by atoms with Crippen LogP contribution in [0, 0.1) is 5.92 Å². The van der Waals surface area contributed by atoms with E-state index < -0.39 is 0 Å². The monoisotopic (exact) mass is 179 g/mol. The molecule has 0 spiro atoms. The van der Waals surface area contributed by atoms with E-state index in [2.05, 4.69) is 21.7 Å². The summed E-state index contributed by atoms with van der Waals surface area (Å²) >= 11 is 0. The Morgan fingerprint density at radius 2 is 2.38 bits per heavy atom. The van der Waals surface area contributed by atoms with Crippen molar-refractivity contribution in [1.29, 1.82) is 0 Å². The van der Waals surface area contributed by atoms with Crippen molar-refractivity contribution in [1.82, 2.24) is 14.8 Å². The van der Waals surface area contributed by atoms with E-state index in [9.17, 15) is 0 Å². The highest BCUT2D eigenvalue weighted by molar-refractivity contribution is 4.85. The van der Waals surface area contributed by atoms with E-state index in [-0.39, 0.29) is 0 Å². The Kier molecular flexibility index (Phi) is 2.62. The third kappa shape index (κ3) is 1.90. The van der Waals surface area contributed by atoms with Crippen molar-refractivity contribution in [2.45, 2.75) is 45.6 Å². The Morgan fingerprint density at radius 1 is 1.54 bits per heavy atom. The maximum absolute atomic E-state index is 4.27. The molecular formula is C10H17N3. The highest BCUT2D eigenvalue weighted by Gasteiger charge is 2.19. The molecule has 1 aliphatic rings. The van der Waals surface area contributed by atoms with Crippen LogP contribution in [0.5, 0.6) is 0 Å². The van der Waals surface area contributed by atoms with Gasteiger partial charge in [0.2, 0.25) is 0 Å². The van der Waals surface area contributed by atoms with Gasteiger partial charge in [0, 0.05) is 13.0 Å². The van der Waals surface area contributed by atoms with Crippen molar-refractivity contribution in [2.24, 2.45) is 5.92 Å². The quantitative estimate of drug-likeness (QED) is 0.708. The predicted octanol–water partition coefficient (Wildman–Crippen LogP) is 2.03. The fourth-order valence-electron chi connectivity index (χ4n) is 1.78. The van der Waals surface area contributed by atoms with Gasteiger partial charge in [-0.25, -0.2) is 9.67 Å². The van der Waals surface area contributed by atoms with Crippen LogP contribution in [0.1, 0.15) is 38.4 Å². The van der Waals surface area contributed by atoms with Gasteiger partial charge < -0.3 is 0 Å². The molecule has 0 unspecified atom stereocenters. The smallest absolute Gasteiger partial charge is 0.138 e. The molecule has 0 amide bonds. The minimum Gasteiger partial charge on any atom is -0.250 e. The number of hydrogen-bond acceptors (Lipinski definition) is 2. The first-order valence-electron chi connectivity index (χ1n) is 5.27. The van der Waals surface area contributed by atoms with Crippen LogP contribution in [0.2, 0.25) is 0 Å². The van der Waals surface area contributed by atoms with E-state index in [0.717, 1.165) is 31.1 Å². The Hall–Kier alpha value is -0.860. The Balaban J connectivity index is 1.96. The Labute approximate surface area is 79.2 Å². The van der Waals surface area contributed by atoms with Crippen LogP contribution >= 0.6 is 0 Å². The molecule has 0 saturated heterocycles. The zero-order valence-corrected chi connectivity index (χ0v) is 8.24. The molecule has 13 heavy (non-hydrogen) atoms. The summed E-state index contributed by atoms with van der Waals surface area (Å²) in [5, 5.41) is 4.26. The number of rotatable bonds is 4. The summed E-state index contributed by atoms with van der Waals surface area (Å²) in [7, 11) is 0. The normalized spacial score (nSPS) is 17.3. The molecule has 0 atom stereocenters. The lowest BCUT2D eigenvalue weighted by atomic mass is 9.85. The molecule has 2 rings (SSSR count). The molecule has 1 heterocycles. The fourth-order valence-corrected chi connectivity index (χ4v) is 1.78. The maximum atomic E-state index is 4.27. The Bertz CT molecular complexity index is 263. The van der Waals surface area contributed by atoms with Crippen molar-refractivity contribution in [3.8, 4) is 0 Å². The summed E-state index contributed by atoms with van der Waals surface area (Å²) in [6, 6.07) is 0. The molecule has 0 radical (unpaired) electrons. The molecule has 1 fully saturated rings. The lowest BCUT2D eigenvalue weighted by molar-refractivity contribution is 0.263. The van der Waals surface area contributed by atoms with Gasteiger partial charge in [0.1, 0.15) is 12.2 Å². The van der Waals surface area contributed by atoms with E-state index in [1.807, 2.05) is 0 Å². The van der Waals surface area contributed by atoms with Crippen molar-refractivity contribution in [3.05, 3.63) is 12.2 Å². The van der Waals surface area contributed by atoms with Gasteiger partial charge in [-0.1, -0.05) is 13.3 Å². The molecule has 1 aromatic heterocycles. The number of hydrogen-bond donors (Lipinski definition) is 0. The maximum Gasteiger partial charge on any atom is 0.138 e. The number of aryl methyl sites for hydroxylation is 1. The molecular weight excluding hydrogens is 162 g/mol. The predicted molar refractivity (Wildman–Crippen MR) is 51.4 cm³/mol.